The van der Waals surface area contributed by atoms with Gasteiger partial charge in [-0.25, -0.2) is 0 Å². The summed E-state index contributed by atoms with van der Waals surface area (Å²) in [6, 6.07) is 30.3. The van der Waals surface area contributed by atoms with Gasteiger partial charge in [-0.2, -0.15) is 10.2 Å². The predicted molar refractivity (Wildman–Crippen MR) is 192 cm³/mol. The first-order valence-electron chi connectivity index (χ1n) is 17.5. The van der Waals surface area contributed by atoms with Gasteiger partial charge in [0, 0.05) is 5.56 Å². The highest BCUT2D eigenvalue weighted by molar-refractivity contribution is 6.02. The largest absolute Gasteiger partial charge is 0.466 e. The molecule has 0 atom stereocenters. The molecule has 4 rings (SSSR count). The number of hydrogen-bond acceptors (Lipinski definition) is 8. The molecule has 0 aliphatic carbocycles. The summed E-state index contributed by atoms with van der Waals surface area (Å²) in [4.78, 5) is 23.1. The Morgan fingerprint density at radius 3 is 1.49 bits per heavy atom. The van der Waals surface area contributed by atoms with Crippen LogP contribution in [0.3, 0.4) is 0 Å². The molecule has 0 radical (unpaired) electrons. The Kier molecular flexibility index (Phi) is 18.2. The monoisotopic (exact) mass is 642 g/mol. The Morgan fingerprint density at radius 1 is 0.574 bits per heavy atom. The molecule has 0 bridgehead atoms. The van der Waals surface area contributed by atoms with E-state index >= 15 is 0 Å². The zero-order valence-electron chi connectivity index (χ0n) is 28.4. The lowest BCUT2D eigenvalue weighted by atomic mass is 10.1. The number of para-hydroxylation sites is 2. The number of nitrogens with zero attached hydrogens (tertiary/aromatic N) is 3. The SMILES string of the molecule is CCCCCCCCOC(=O)CCC(=O)OCCCCCCCC.c1ccc(C2=NN(c3ccccc3)N(c3ccccc3)N2)cc1. The zero-order valence-corrected chi connectivity index (χ0v) is 28.4. The molecule has 0 spiro atoms. The first kappa shape index (κ1) is 37.1. The molecule has 0 amide bonds. The van der Waals surface area contributed by atoms with Gasteiger partial charge in [-0.3, -0.25) is 15.0 Å². The molecule has 0 fully saturated rings. The summed E-state index contributed by atoms with van der Waals surface area (Å²) in [7, 11) is 0. The van der Waals surface area contributed by atoms with Crippen LogP contribution in [0, 0.1) is 0 Å². The van der Waals surface area contributed by atoms with Crippen LogP contribution >= 0.6 is 0 Å². The number of rotatable bonds is 20. The minimum Gasteiger partial charge on any atom is -0.466 e. The molecule has 1 aliphatic heterocycles. The van der Waals surface area contributed by atoms with Crippen LogP contribution in [0.2, 0.25) is 0 Å². The van der Waals surface area contributed by atoms with Crippen LogP contribution in [0.25, 0.3) is 0 Å². The molecule has 1 aliphatic rings. The van der Waals surface area contributed by atoms with Gasteiger partial charge in [-0.15, -0.1) is 5.10 Å². The summed E-state index contributed by atoms with van der Waals surface area (Å²) in [6.45, 7) is 5.33. The topological polar surface area (TPSA) is 83.5 Å². The molecule has 3 aromatic carbocycles. The third kappa shape index (κ3) is 14.8. The average molecular weight is 643 g/mol. The standard InChI is InChI=1S/C20H38O4.C19H16N4/c1-3-5-7-9-11-13-17-23-19(21)15-16-20(22)24-18-14-12-10-8-6-4-2;1-4-10-16(11-5-1)19-20-22(17-12-6-2-7-13-17)23(21-19)18-14-8-3-9-15-18/h3-18H2,1-2H3;1-15H,(H,20,21). The van der Waals surface area contributed by atoms with Crippen LogP contribution < -0.4 is 15.7 Å². The number of amidine groups is 1. The zero-order chi connectivity index (χ0) is 33.4. The number of ether oxygens (including phenoxy) is 2. The van der Waals surface area contributed by atoms with Gasteiger partial charge in [0.1, 0.15) is 0 Å². The fourth-order valence-corrected chi connectivity index (χ4v) is 4.99. The summed E-state index contributed by atoms with van der Waals surface area (Å²) < 4.78 is 10.3. The van der Waals surface area contributed by atoms with E-state index < -0.39 is 0 Å². The van der Waals surface area contributed by atoms with Crippen molar-refractivity contribution in [3.63, 3.8) is 0 Å². The third-order valence-electron chi connectivity index (χ3n) is 7.69. The second-order valence-electron chi connectivity index (χ2n) is 11.7. The fourth-order valence-electron chi connectivity index (χ4n) is 4.99. The lowest BCUT2D eigenvalue weighted by molar-refractivity contribution is -0.150. The van der Waals surface area contributed by atoms with E-state index in [1.165, 1.54) is 51.4 Å². The van der Waals surface area contributed by atoms with Crippen molar-refractivity contribution in [1.82, 2.24) is 5.43 Å². The number of carbonyl (C=O) groups excluding carboxylic acids is 2. The van der Waals surface area contributed by atoms with Gasteiger partial charge in [-0.1, -0.05) is 145 Å². The maximum absolute atomic E-state index is 11.5. The lowest BCUT2D eigenvalue weighted by Crippen LogP contribution is -2.44. The molecule has 8 heteroatoms. The number of esters is 2. The number of unbranched alkanes of at least 4 members (excludes halogenated alkanes) is 10. The van der Waals surface area contributed by atoms with Crippen molar-refractivity contribution < 1.29 is 19.1 Å². The van der Waals surface area contributed by atoms with E-state index in [2.05, 4.69) is 19.3 Å². The maximum atomic E-state index is 11.5. The molecule has 0 unspecified atom stereocenters. The van der Waals surface area contributed by atoms with E-state index in [1.54, 1.807) is 0 Å². The third-order valence-corrected chi connectivity index (χ3v) is 7.69. The fraction of sp³-hybridized carbons (Fsp3) is 0.462. The Balaban J connectivity index is 0.000000255. The van der Waals surface area contributed by atoms with E-state index in [1.807, 2.05) is 101 Å². The van der Waals surface area contributed by atoms with Gasteiger partial charge in [0.2, 0.25) is 0 Å². The number of anilines is 2. The van der Waals surface area contributed by atoms with Crippen LogP contribution in [0.4, 0.5) is 11.4 Å². The van der Waals surface area contributed by atoms with Crippen molar-refractivity contribution in [3.8, 4) is 0 Å². The first-order valence-corrected chi connectivity index (χ1v) is 17.5. The highest BCUT2D eigenvalue weighted by atomic mass is 16.5. The average Bonchev–Trinajstić information content (AvgIpc) is 3.57. The summed E-state index contributed by atoms with van der Waals surface area (Å²) >= 11 is 0. The van der Waals surface area contributed by atoms with E-state index in [4.69, 9.17) is 14.6 Å². The van der Waals surface area contributed by atoms with Crippen molar-refractivity contribution in [1.29, 1.82) is 0 Å². The molecule has 254 valence electrons. The quantitative estimate of drug-likeness (QED) is 0.0971. The molecule has 1 N–H and O–H groups in total. The Morgan fingerprint density at radius 2 is 1.00 bits per heavy atom. The lowest BCUT2D eigenvalue weighted by Gasteiger charge is -2.27. The van der Waals surface area contributed by atoms with Crippen molar-refractivity contribution in [3.05, 3.63) is 96.6 Å². The maximum Gasteiger partial charge on any atom is 0.306 e. The molecule has 1 heterocycles. The Hall–Kier alpha value is -4.33. The second kappa shape index (κ2) is 23.1. The number of carbonyl (C=O) groups is 2. The number of benzene rings is 3. The second-order valence-corrected chi connectivity index (χ2v) is 11.7. The summed E-state index contributed by atoms with van der Waals surface area (Å²) in [5.41, 5.74) is 6.44. The molecule has 8 nitrogen and oxygen atoms in total. The van der Waals surface area contributed by atoms with Crippen molar-refractivity contribution in [2.24, 2.45) is 5.10 Å². The smallest absolute Gasteiger partial charge is 0.306 e. The van der Waals surface area contributed by atoms with Crippen molar-refractivity contribution >= 4 is 29.1 Å². The van der Waals surface area contributed by atoms with Gasteiger partial charge in [-0.05, 0) is 37.1 Å². The molecule has 0 saturated heterocycles. The highest BCUT2D eigenvalue weighted by Crippen LogP contribution is 2.25. The van der Waals surface area contributed by atoms with Gasteiger partial charge in [0.15, 0.2) is 5.84 Å². The van der Waals surface area contributed by atoms with E-state index in [0.717, 1.165) is 48.5 Å². The number of hydrazone groups is 1. The number of hydrazine groups is 2. The summed E-state index contributed by atoms with van der Waals surface area (Å²) in [6.07, 6.45) is 14.3. The predicted octanol–water partition coefficient (Wildman–Crippen LogP) is 9.37. The molecular formula is C39H54N4O4. The van der Waals surface area contributed by atoms with Gasteiger partial charge in [0.25, 0.3) is 0 Å². The van der Waals surface area contributed by atoms with Crippen LogP contribution in [0.5, 0.6) is 0 Å². The van der Waals surface area contributed by atoms with Crippen LogP contribution in [0.15, 0.2) is 96.1 Å². The molecule has 47 heavy (non-hydrogen) atoms. The van der Waals surface area contributed by atoms with Gasteiger partial charge < -0.3 is 9.47 Å². The molecule has 3 aromatic rings. The minimum absolute atomic E-state index is 0.130. The Bertz CT molecular complexity index is 1260. The van der Waals surface area contributed by atoms with Crippen molar-refractivity contribution in [2.45, 2.75) is 104 Å². The van der Waals surface area contributed by atoms with E-state index in [-0.39, 0.29) is 24.8 Å². The molecule has 0 aromatic heterocycles. The van der Waals surface area contributed by atoms with Gasteiger partial charge in [0.05, 0.1) is 37.4 Å². The Labute approximate surface area is 282 Å². The van der Waals surface area contributed by atoms with Gasteiger partial charge >= 0.3 is 11.9 Å². The summed E-state index contributed by atoms with van der Waals surface area (Å²) in [5, 5.41) is 8.57. The van der Waals surface area contributed by atoms with Crippen LogP contribution in [0.1, 0.15) is 109 Å². The van der Waals surface area contributed by atoms with E-state index in [0.29, 0.717) is 13.2 Å². The van der Waals surface area contributed by atoms with E-state index in [9.17, 15) is 9.59 Å². The minimum atomic E-state index is -0.292. The number of hydrogen-bond donors (Lipinski definition) is 1. The number of nitrogens with one attached hydrogen (secondary N) is 1. The first-order chi connectivity index (χ1) is 23.1. The molecular weight excluding hydrogens is 588 g/mol. The molecule has 0 saturated carbocycles. The van der Waals surface area contributed by atoms with Crippen LogP contribution in [-0.2, 0) is 19.1 Å². The summed E-state index contributed by atoms with van der Waals surface area (Å²) in [5.74, 6) is 0.235. The normalized spacial score (nSPS) is 12.1. The van der Waals surface area contributed by atoms with Crippen LogP contribution in [-0.4, -0.2) is 31.0 Å². The van der Waals surface area contributed by atoms with Crippen molar-refractivity contribution in [2.75, 3.05) is 23.4 Å². The highest BCUT2D eigenvalue weighted by Gasteiger charge is 2.25.